The molecule has 0 fully saturated rings. The zero-order valence-electron chi connectivity index (χ0n) is 7.37. The van der Waals surface area contributed by atoms with Gasteiger partial charge >= 0.3 is 17.4 Å². The molecule has 0 aliphatic carbocycles. The van der Waals surface area contributed by atoms with Crippen molar-refractivity contribution in [2.45, 2.75) is 13.8 Å². The van der Waals surface area contributed by atoms with Gasteiger partial charge in [0.2, 0.25) is 0 Å². The molecule has 0 aliphatic heterocycles. The molecule has 13 heavy (non-hydrogen) atoms. The van der Waals surface area contributed by atoms with Gasteiger partial charge in [0.15, 0.2) is 7.37 Å². The first kappa shape index (κ1) is 19.4. The van der Waals surface area contributed by atoms with Gasteiger partial charge in [-0.3, -0.25) is 4.57 Å². The average Bonchev–Trinajstić information content (AvgIpc) is 1.85. The molecule has 0 spiro atoms. The van der Waals surface area contributed by atoms with Crippen LogP contribution >= 0.6 is 15.2 Å². The molecule has 0 amide bonds. The third kappa shape index (κ3) is 32.3. The van der Waals surface area contributed by atoms with Crippen LogP contribution in [0, 0.1) is 0 Å². The third-order valence-electron chi connectivity index (χ3n) is 0.988. The summed E-state index contributed by atoms with van der Waals surface area (Å²) in [6.45, 7) is 3.45. The number of hydrogen-bond donors (Lipinski definition) is 1. The van der Waals surface area contributed by atoms with E-state index in [0.29, 0.717) is 12.3 Å². The summed E-state index contributed by atoms with van der Waals surface area (Å²) < 4.78 is 19.1. The van der Waals surface area contributed by atoms with Crippen LogP contribution in [0.3, 0.4) is 0 Å². The van der Waals surface area contributed by atoms with Crippen molar-refractivity contribution in [3.8, 4) is 0 Å². The molecule has 0 bridgehead atoms. The summed E-state index contributed by atoms with van der Waals surface area (Å²) >= 11 is 0. The molecule has 0 saturated heterocycles. The Hall–Kier alpha value is 0.832. The first-order valence-corrected chi connectivity index (χ1v) is 6.65. The van der Waals surface area contributed by atoms with E-state index in [1.807, 2.05) is 0 Å². The van der Waals surface area contributed by atoms with Gasteiger partial charge in [-0.15, -0.1) is 0 Å². The van der Waals surface area contributed by atoms with Gasteiger partial charge in [0, 0.05) is 12.3 Å². The van der Waals surface area contributed by atoms with Crippen LogP contribution in [0.4, 0.5) is 0 Å². The Morgan fingerprint density at radius 2 is 1.23 bits per heavy atom. The molecule has 0 radical (unpaired) electrons. The van der Waals surface area contributed by atoms with Crippen LogP contribution in [0.25, 0.3) is 0 Å². The van der Waals surface area contributed by atoms with Gasteiger partial charge in [-0.2, -0.15) is 7.82 Å². The fourth-order valence-corrected chi connectivity index (χ4v) is 0.671. The van der Waals surface area contributed by atoms with Gasteiger partial charge in [-0.05, 0) is 0 Å². The van der Waals surface area contributed by atoms with Crippen LogP contribution in [0.15, 0.2) is 0 Å². The van der Waals surface area contributed by atoms with Crippen molar-refractivity contribution >= 4 is 32.6 Å². The van der Waals surface area contributed by atoms with Gasteiger partial charge in [-0.25, -0.2) is 0 Å². The van der Waals surface area contributed by atoms with E-state index in [2.05, 4.69) is 0 Å². The predicted molar refractivity (Wildman–Crippen MR) is 44.3 cm³/mol. The van der Waals surface area contributed by atoms with Crippen LogP contribution in [0.1, 0.15) is 13.8 Å². The minimum Gasteiger partial charge on any atom is -0.822 e. The first-order chi connectivity index (χ1) is 5.12. The third-order valence-corrected chi connectivity index (χ3v) is 2.96. The summed E-state index contributed by atoms with van der Waals surface area (Å²) in [5.74, 6) is 0. The van der Waals surface area contributed by atoms with Crippen LogP contribution in [-0.4, -0.2) is 34.6 Å². The second-order valence-corrected chi connectivity index (χ2v) is 5.78. The Labute approximate surface area is 87.8 Å². The van der Waals surface area contributed by atoms with Gasteiger partial charge in [0.05, 0.1) is 0 Å². The van der Waals surface area contributed by atoms with Crippen LogP contribution in [-0.2, 0) is 9.13 Å². The SMILES string of the molecule is CCP(=O)(O)CC.O=P([O-])([O-])[O-].[Al+3]. The van der Waals surface area contributed by atoms with Crippen molar-refractivity contribution in [1.82, 2.24) is 0 Å². The van der Waals surface area contributed by atoms with E-state index in [1.54, 1.807) is 13.8 Å². The maximum atomic E-state index is 10.5. The molecule has 1 N–H and O–H groups in total. The Morgan fingerprint density at radius 1 is 1.08 bits per heavy atom. The molecule has 0 aliphatic rings. The summed E-state index contributed by atoms with van der Waals surface area (Å²) in [5.41, 5.74) is 0. The molecule has 0 unspecified atom stereocenters. The van der Waals surface area contributed by atoms with Gasteiger partial charge in [0.1, 0.15) is 0 Å². The van der Waals surface area contributed by atoms with Crippen molar-refractivity contribution in [3.63, 3.8) is 0 Å². The Balaban J connectivity index is -0.000000150. The number of hydrogen-bond acceptors (Lipinski definition) is 5. The Morgan fingerprint density at radius 3 is 1.23 bits per heavy atom. The molecule has 0 aromatic carbocycles. The van der Waals surface area contributed by atoms with E-state index in [1.165, 1.54) is 0 Å². The van der Waals surface area contributed by atoms with E-state index in [-0.39, 0.29) is 17.4 Å². The van der Waals surface area contributed by atoms with E-state index in [0.717, 1.165) is 0 Å². The monoisotopic (exact) mass is 244 g/mol. The fourth-order valence-electron chi connectivity index (χ4n) is 0.224. The topological polar surface area (TPSA) is 124 Å². The second kappa shape index (κ2) is 8.17. The van der Waals surface area contributed by atoms with E-state index < -0.39 is 15.2 Å². The smallest absolute Gasteiger partial charge is 0.822 e. The molecule has 0 atom stereocenters. The largest absolute Gasteiger partial charge is 3.00 e. The van der Waals surface area contributed by atoms with Crippen LogP contribution in [0.5, 0.6) is 0 Å². The normalized spacial score (nSPS) is 10.9. The zero-order valence-corrected chi connectivity index (χ0v) is 10.3. The summed E-state index contributed by atoms with van der Waals surface area (Å²) in [6, 6.07) is 0. The molecule has 0 rings (SSSR count). The van der Waals surface area contributed by atoms with Crippen molar-refractivity contribution in [2.24, 2.45) is 0 Å². The molecule has 0 heterocycles. The molecule has 0 aromatic heterocycles. The maximum Gasteiger partial charge on any atom is 3.00 e. The summed E-state index contributed by atoms with van der Waals surface area (Å²) in [6.07, 6.45) is 0.812. The van der Waals surface area contributed by atoms with Crippen molar-refractivity contribution in [3.05, 3.63) is 0 Å². The Kier molecular flexibility index (Phi) is 12.2. The minimum absolute atomic E-state index is 0. The molecule has 0 saturated carbocycles. The van der Waals surface area contributed by atoms with Crippen LogP contribution < -0.4 is 14.7 Å². The van der Waals surface area contributed by atoms with Crippen molar-refractivity contribution in [2.75, 3.05) is 12.3 Å². The Bertz CT molecular complexity index is 185. The van der Waals surface area contributed by atoms with E-state index in [4.69, 9.17) is 24.1 Å². The van der Waals surface area contributed by atoms with Crippen molar-refractivity contribution in [1.29, 1.82) is 0 Å². The minimum atomic E-state index is -5.39. The first-order valence-electron chi connectivity index (χ1n) is 3.16. The van der Waals surface area contributed by atoms with Gasteiger partial charge in [0.25, 0.3) is 0 Å². The summed E-state index contributed by atoms with van der Waals surface area (Å²) in [5, 5.41) is 0. The van der Waals surface area contributed by atoms with E-state index in [9.17, 15) is 4.57 Å². The summed E-state index contributed by atoms with van der Waals surface area (Å²) in [4.78, 5) is 34.3. The fraction of sp³-hybridized carbons (Fsp3) is 1.00. The molecular weight excluding hydrogens is 233 g/mol. The quantitative estimate of drug-likeness (QED) is 0.446. The standard InChI is InChI=1S/C4H11O2P.Al.H3O4P/c1-3-7(5,6)4-2;;1-5(2,3)4/h3-4H2,1-2H3,(H,5,6);;(H3,1,2,3,4)/q;+3;/p-3. The van der Waals surface area contributed by atoms with Crippen LogP contribution in [0.2, 0.25) is 0 Å². The maximum absolute atomic E-state index is 10.5. The number of phosphoric acid groups is 1. The molecular formula is C4H11AlO6P2. The van der Waals surface area contributed by atoms with Gasteiger partial charge in [-0.1, -0.05) is 13.8 Å². The van der Waals surface area contributed by atoms with Gasteiger partial charge < -0.3 is 24.1 Å². The second-order valence-electron chi connectivity index (χ2n) is 1.93. The molecule has 76 valence electrons. The summed E-state index contributed by atoms with van der Waals surface area (Å²) in [7, 11) is -8.04. The van der Waals surface area contributed by atoms with Crippen molar-refractivity contribution < 1.29 is 28.7 Å². The molecule has 6 nitrogen and oxygen atoms in total. The molecule has 0 aromatic rings. The average molecular weight is 244 g/mol. The molecule has 9 heteroatoms. The zero-order chi connectivity index (χ0) is 10.4. The van der Waals surface area contributed by atoms with E-state index >= 15 is 0 Å². The predicted octanol–water partition coefficient (Wildman–Crippen LogP) is -1.91. The number of rotatable bonds is 2.